The highest BCUT2D eigenvalue weighted by atomic mass is 79.9. The van der Waals surface area contributed by atoms with Crippen LogP contribution in [0.15, 0.2) is 57.6 Å². The van der Waals surface area contributed by atoms with Gasteiger partial charge in [0.25, 0.3) is 0 Å². The number of hydrogen-bond acceptors (Lipinski definition) is 4. The molecule has 2 aromatic heterocycles. The Balaban J connectivity index is 1.10. The number of carboxylic acid groups (broad SMARTS) is 1. The van der Waals surface area contributed by atoms with Crippen LogP contribution >= 0.6 is 15.9 Å². The average Bonchev–Trinajstić information content (AvgIpc) is 3.40. The molecule has 0 radical (unpaired) electrons. The van der Waals surface area contributed by atoms with E-state index in [9.17, 15) is 4.79 Å². The maximum Gasteiger partial charge on any atom is 0.371 e. The zero-order valence-electron chi connectivity index (χ0n) is 17.8. The van der Waals surface area contributed by atoms with Gasteiger partial charge in [0.15, 0.2) is 0 Å². The Morgan fingerprint density at radius 2 is 1.91 bits per heavy atom. The normalized spacial score (nSPS) is 15.1. The number of carboxylic acids is 1. The number of aromatic carboxylic acids is 1. The molecule has 1 fully saturated rings. The van der Waals surface area contributed by atoms with Crippen molar-refractivity contribution in [3.05, 3.63) is 64.5 Å². The largest absolute Gasteiger partial charge is 0.475 e. The van der Waals surface area contributed by atoms with Crippen molar-refractivity contribution < 1.29 is 14.3 Å². The number of aryl methyl sites for hydroxylation is 1. The monoisotopic (exact) mass is 495 g/mol. The van der Waals surface area contributed by atoms with Crippen LogP contribution in [0.25, 0.3) is 21.9 Å². The molecule has 0 spiro atoms. The standard InChI is InChI=1S/C25H26BrN3O3/c26-19-4-6-22-21(15-19)17(16-27-22)3-1-2-8-28-9-11-29(12-10-28)20-5-7-23-18(13-20)14-24(32-23)25(30)31/h4-7,13-16,27H,1-3,8-12H2,(H,30,31). The second-order valence-electron chi connectivity index (χ2n) is 8.43. The summed E-state index contributed by atoms with van der Waals surface area (Å²) in [5.41, 5.74) is 4.34. The number of rotatable bonds is 7. The first-order chi connectivity index (χ1) is 15.6. The molecule has 2 N–H and O–H groups in total. The molecule has 6 nitrogen and oxygen atoms in total. The van der Waals surface area contributed by atoms with Crippen LogP contribution < -0.4 is 4.90 Å². The third-order valence-corrected chi connectivity index (χ3v) is 6.84. The molecular weight excluding hydrogens is 470 g/mol. The molecular formula is C25H26BrN3O3. The number of nitrogens with zero attached hydrogens (tertiary/aromatic N) is 2. The maximum atomic E-state index is 11.1. The van der Waals surface area contributed by atoms with Crippen molar-refractivity contribution in [3.63, 3.8) is 0 Å². The molecule has 3 heterocycles. The van der Waals surface area contributed by atoms with Gasteiger partial charge in [-0.1, -0.05) is 15.9 Å². The van der Waals surface area contributed by atoms with Gasteiger partial charge in [-0.2, -0.15) is 0 Å². The van der Waals surface area contributed by atoms with E-state index in [1.54, 1.807) is 6.07 Å². The molecule has 0 atom stereocenters. The van der Waals surface area contributed by atoms with Gasteiger partial charge in [0, 0.05) is 58.8 Å². The van der Waals surface area contributed by atoms with Crippen molar-refractivity contribution in [3.8, 4) is 0 Å². The van der Waals surface area contributed by atoms with E-state index in [0.29, 0.717) is 5.58 Å². The molecule has 0 aliphatic carbocycles. The molecule has 1 aliphatic heterocycles. The van der Waals surface area contributed by atoms with Crippen molar-refractivity contribution in [2.24, 2.45) is 0 Å². The molecule has 0 unspecified atom stereocenters. The van der Waals surface area contributed by atoms with Crippen molar-refractivity contribution in [2.45, 2.75) is 19.3 Å². The minimum absolute atomic E-state index is 0.0118. The number of fused-ring (bicyclic) bond motifs is 2. The van der Waals surface area contributed by atoms with Crippen LogP contribution in [0.5, 0.6) is 0 Å². The number of piperazine rings is 1. The van der Waals surface area contributed by atoms with Gasteiger partial charge in [0.05, 0.1) is 0 Å². The highest BCUT2D eigenvalue weighted by Crippen LogP contribution is 2.27. The number of carbonyl (C=O) groups is 1. The topological polar surface area (TPSA) is 72.7 Å². The van der Waals surface area contributed by atoms with E-state index in [2.05, 4.69) is 55.1 Å². The second kappa shape index (κ2) is 9.00. The molecule has 1 aliphatic rings. The van der Waals surface area contributed by atoms with E-state index in [4.69, 9.17) is 9.52 Å². The van der Waals surface area contributed by atoms with E-state index in [0.717, 1.165) is 54.7 Å². The molecule has 7 heteroatoms. The summed E-state index contributed by atoms with van der Waals surface area (Å²) in [5.74, 6) is -1.05. The lowest BCUT2D eigenvalue weighted by atomic mass is 10.1. The average molecular weight is 496 g/mol. The van der Waals surface area contributed by atoms with Crippen molar-refractivity contribution >= 4 is 49.5 Å². The Bertz CT molecular complexity index is 1250. The van der Waals surface area contributed by atoms with E-state index >= 15 is 0 Å². The van der Waals surface area contributed by atoms with Crippen LogP contribution in [0.2, 0.25) is 0 Å². The van der Waals surface area contributed by atoms with Crippen molar-refractivity contribution in [1.82, 2.24) is 9.88 Å². The first-order valence-corrected chi connectivity index (χ1v) is 11.9. The lowest BCUT2D eigenvalue weighted by Crippen LogP contribution is -2.46. The highest BCUT2D eigenvalue weighted by Gasteiger charge is 2.18. The van der Waals surface area contributed by atoms with Crippen molar-refractivity contribution in [2.75, 3.05) is 37.6 Å². The zero-order chi connectivity index (χ0) is 22.1. The molecule has 166 valence electrons. The first-order valence-electron chi connectivity index (χ1n) is 11.1. The van der Waals surface area contributed by atoms with Crippen LogP contribution in [0.3, 0.4) is 0 Å². The molecule has 32 heavy (non-hydrogen) atoms. The van der Waals surface area contributed by atoms with Crippen LogP contribution in [-0.4, -0.2) is 53.7 Å². The fourth-order valence-electron chi connectivity index (χ4n) is 4.57. The number of anilines is 1. The maximum absolute atomic E-state index is 11.1. The third-order valence-electron chi connectivity index (χ3n) is 6.35. The molecule has 5 rings (SSSR count). The van der Waals surface area contributed by atoms with Crippen LogP contribution in [-0.2, 0) is 6.42 Å². The van der Waals surface area contributed by atoms with Gasteiger partial charge in [-0.25, -0.2) is 4.79 Å². The lowest BCUT2D eigenvalue weighted by Gasteiger charge is -2.36. The molecule has 0 amide bonds. The number of hydrogen-bond donors (Lipinski definition) is 2. The number of halogens is 1. The predicted molar refractivity (Wildman–Crippen MR) is 131 cm³/mol. The van der Waals surface area contributed by atoms with E-state index in [1.165, 1.54) is 29.3 Å². The molecule has 0 bridgehead atoms. The van der Waals surface area contributed by atoms with Gasteiger partial charge in [0.2, 0.25) is 5.76 Å². The number of aromatic nitrogens is 1. The predicted octanol–water partition coefficient (Wildman–Crippen LogP) is 5.52. The summed E-state index contributed by atoms with van der Waals surface area (Å²) in [4.78, 5) is 19.4. The lowest BCUT2D eigenvalue weighted by molar-refractivity contribution is 0.0665. The number of aromatic amines is 1. The van der Waals surface area contributed by atoms with E-state index < -0.39 is 5.97 Å². The Morgan fingerprint density at radius 1 is 1.06 bits per heavy atom. The first kappa shape index (κ1) is 21.1. The van der Waals surface area contributed by atoms with Crippen LogP contribution in [0.1, 0.15) is 29.0 Å². The second-order valence-corrected chi connectivity index (χ2v) is 9.34. The number of nitrogens with one attached hydrogen (secondary N) is 1. The summed E-state index contributed by atoms with van der Waals surface area (Å²) in [6.45, 7) is 5.17. The number of H-pyrrole nitrogens is 1. The minimum atomic E-state index is -1.03. The number of unbranched alkanes of at least 4 members (excludes halogenated alkanes) is 1. The van der Waals surface area contributed by atoms with E-state index in [1.807, 2.05) is 18.2 Å². The fraction of sp³-hybridized carbons (Fsp3) is 0.320. The molecule has 1 saturated heterocycles. The fourth-order valence-corrected chi connectivity index (χ4v) is 4.93. The summed E-state index contributed by atoms with van der Waals surface area (Å²) in [7, 11) is 0. The molecule has 4 aromatic rings. The summed E-state index contributed by atoms with van der Waals surface area (Å²) in [6.07, 6.45) is 5.62. The van der Waals surface area contributed by atoms with Gasteiger partial charge in [-0.15, -0.1) is 0 Å². The molecule has 0 saturated carbocycles. The van der Waals surface area contributed by atoms with Crippen molar-refractivity contribution in [1.29, 1.82) is 0 Å². The summed E-state index contributed by atoms with van der Waals surface area (Å²) >= 11 is 3.57. The summed E-state index contributed by atoms with van der Waals surface area (Å²) in [6, 6.07) is 13.9. The Labute approximate surface area is 194 Å². The van der Waals surface area contributed by atoms with Crippen LogP contribution in [0, 0.1) is 0 Å². The van der Waals surface area contributed by atoms with Gasteiger partial charge in [-0.3, -0.25) is 4.90 Å². The highest BCUT2D eigenvalue weighted by molar-refractivity contribution is 9.10. The quantitative estimate of drug-likeness (QED) is 0.330. The Hall–Kier alpha value is -2.77. The summed E-state index contributed by atoms with van der Waals surface area (Å²) < 4.78 is 6.49. The zero-order valence-corrected chi connectivity index (χ0v) is 19.4. The third kappa shape index (κ3) is 4.40. The summed E-state index contributed by atoms with van der Waals surface area (Å²) in [5, 5.41) is 11.3. The van der Waals surface area contributed by atoms with Gasteiger partial charge in [-0.05, 0) is 73.8 Å². The Kier molecular flexibility index (Phi) is 5.93. The SMILES string of the molecule is O=C(O)c1cc2cc(N3CCN(CCCCc4c[nH]c5ccc(Br)cc45)CC3)ccc2o1. The van der Waals surface area contributed by atoms with Gasteiger partial charge >= 0.3 is 5.97 Å². The Morgan fingerprint density at radius 3 is 2.72 bits per heavy atom. The molecule has 2 aromatic carbocycles. The smallest absolute Gasteiger partial charge is 0.371 e. The number of benzene rings is 2. The van der Waals surface area contributed by atoms with Gasteiger partial charge < -0.3 is 19.4 Å². The number of furan rings is 1. The minimum Gasteiger partial charge on any atom is -0.475 e. The van der Waals surface area contributed by atoms with Crippen LogP contribution in [0.4, 0.5) is 5.69 Å². The van der Waals surface area contributed by atoms with Gasteiger partial charge in [0.1, 0.15) is 5.58 Å². The van der Waals surface area contributed by atoms with E-state index in [-0.39, 0.29) is 5.76 Å².